The molecule has 0 unspecified atom stereocenters. The van der Waals surface area contributed by atoms with Crippen LogP contribution in [0.5, 0.6) is 0 Å². The van der Waals surface area contributed by atoms with Gasteiger partial charge in [0.05, 0.1) is 6.42 Å². The van der Waals surface area contributed by atoms with Crippen molar-refractivity contribution in [3.63, 3.8) is 0 Å². The van der Waals surface area contributed by atoms with Gasteiger partial charge in [-0.15, -0.1) is 0 Å². The fourth-order valence-electron chi connectivity index (χ4n) is 3.94. The zero-order valence-corrected chi connectivity index (χ0v) is 18.5. The molecule has 5 rings (SSSR count). The van der Waals surface area contributed by atoms with Gasteiger partial charge in [-0.1, -0.05) is 41.6 Å². The Labute approximate surface area is 191 Å². The lowest BCUT2D eigenvalue weighted by Gasteiger charge is -2.34. The Kier molecular flexibility index (Phi) is 6.09. The molecule has 32 heavy (non-hydrogen) atoms. The van der Waals surface area contributed by atoms with E-state index in [2.05, 4.69) is 27.2 Å². The number of thiophene rings is 1. The molecular formula is C25H24N4O2S. The summed E-state index contributed by atoms with van der Waals surface area (Å²) >= 11 is 1.64. The second-order valence-electron chi connectivity index (χ2n) is 7.95. The topological polar surface area (TPSA) is 62.5 Å². The van der Waals surface area contributed by atoms with Crippen LogP contribution in [-0.4, -0.2) is 52.0 Å². The molecule has 1 aliphatic heterocycles. The van der Waals surface area contributed by atoms with Gasteiger partial charge in [0.15, 0.2) is 0 Å². The van der Waals surface area contributed by atoms with E-state index < -0.39 is 0 Å². The van der Waals surface area contributed by atoms with Crippen molar-refractivity contribution < 1.29 is 9.32 Å². The number of amides is 1. The first-order chi connectivity index (χ1) is 15.7. The molecule has 0 bridgehead atoms. The molecule has 7 heteroatoms. The SMILES string of the molecule is O=C(Cc1ccsc1)N1CCN(Cc2cccc(-c3noc(-c4ccccc4)n3)c2)CC1. The molecule has 1 aliphatic rings. The molecule has 0 saturated carbocycles. The third kappa shape index (κ3) is 4.79. The number of benzene rings is 2. The van der Waals surface area contributed by atoms with E-state index in [-0.39, 0.29) is 5.91 Å². The fraction of sp³-hybridized carbons (Fsp3) is 0.240. The standard InChI is InChI=1S/C25H24N4O2S/c30-23(16-20-9-14-32-18-20)29-12-10-28(11-13-29)17-19-5-4-8-22(15-19)24-26-25(31-27-24)21-6-2-1-3-7-21/h1-9,14-15,18H,10-13,16-17H2. The molecule has 0 spiro atoms. The third-order valence-corrected chi connectivity index (χ3v) is 6.43. The van der Waals surface area contributed by atoms with Gasteiger partial charge in [-0.25, -0.2) is 0 Å². The maximum absolute atomic E-state index is 12.5. The van der Waals surface area contributed by atoms with E-state index in [1.165, 1.54) is 5.56 Å². The number of nitrogens with zero attached hydrogens (tertiary/aromatic N) is 4. The molecule has 2 aromatic carbocycles. The Morgan fingerprint density at radius 3 is 2.53 bits per heavy atom. The quantitative estimate of drug-likeness (QED) is 0.442. The van der Waals surface area contributed by atoms with Gasteiger partial charge in [-0.05, 0) is 46.2 Å². The lowest BCUT2D eigenvalue weighted by molar-refractivity contribution is -0.132. The highest BCUT2D eigenvalue weighted by atomic mass is 32.1. The van der Waals surface area contributed by atoms with Crippen molar-refractivity contribution in [3.05, 3.63) is 82.6 Å². The van der Waals surface area contributed by atoms with Gasteiger partial charge in [-0.3, -0.25) is 9.69 Å². The maximum Gasteiger partial charge on any atom is 0.258 e. The predicted molar refractivity (Wildman–Crippen MR) is 125 cm³/mol. The summed E-state index contributed by atoms with van der Waals surface area (Å²) in [6, 6.07) is 20.1. The molecule has 6 nitrogen and oxygen atoms in total. The Morgan fingerprint density at radius 1 is 0.938 bits per heavy atom. The fourth-order valence-corrected chi connectivity index (χ4v) is 4.61. The van der Waals surface area contributed by atoms with Gasteiger partial charge in [0.1, 0.15) is 0 Å². The smallest absolute Gasteiger partial charge is 0.258 e. The van der Waals surface area contributed by atoms with Crippen LogP contribution in [-0.2, 0) is 17.8 Å². The first-order valence-electron chi connectivity index (χ1n) is 10.7. The number of rotatable bonds is 6. The first-order valence-corrected chi connectivity index (χ1v) is 11.7. The Morgan fingerprint density at radius 2 is 1.75 bits per heavy atom. The lowest BCUT2D eigenvalue weighted by atomic mass is 10.1. The van der Waals surface area contributed by atoms with Crippen molar-refractivity contribution in [1.29, 1.82) is 0 Å². The van der Waals surface area contributed by atoms with E-state index in [1.54, 1.807) is 11.3 Å². The summed E-state index contributed by atoms with van der Waals surface area (Å²) in [6.07, 6.45) is 0.501. The lowest BCUT2D eigenvalue weighted by Crippen LogP contribution is -2.48. The maximum atomic E-state index is 12.5. The molecule has 0 aliphatic carbocycles. The van der Waals surface area contributed by atoms with E-state index in [9.17, 15) is 4.79 Å². The van der Waals surface area contributed by atoms with E-state index in [0.717, 1.165) is 49.4 Å². The summed E-state index contributed by atoms with van der Waals surface area (Å²) in [5, 5.41) is 8.24. The number of carbonyl (C=O) groups is 1. The van der Waals surface area contributed by atoms with Gasteiger partial charge in [0.2, 0.25) is 11.7 Å². The minimum absolute atomic E-state index is 0.219. The van der Waals surface area contributed by atoms with E-state index in [0.29, 0.717) is 18.1 Å². The summed E-state index contributed by atoms with van der Waals surface area (Å²) in [4.78, 5) is 21.5. The van der Waals surface area contributed by atoms with Crippen molar-refractivity contribution in [2.45, 2.75) is 13.0 Å². The van der Waals surface area contributed by atoms with Crippen molar-refractivity contribution in [2.24, 2.45) is 0 Å². The Bertz CT molecular complexity index is 1170. The van der Waals surface area contributed by atoms with E-state index in [4.69, 9.17) is 4.52 Å². The number of aromatic nitrogens is 2. The zero-order chi connectivity index (χ0) is 21.8. The molecule has 1 saturated heterocycles. The summed E-state index contributed by atoms with van der Waals surface area (Å²) in [7, 11) is 0. The predicted octanol–water partition coefficient (Wildman–Crippen LogP) is 4.35. The monoisotopic (exact) mass is 444 g/mol. The van der Waals surface area contributed by atoms with Crippen LogP contribution >= 0.6 is 11.3 Å². The van der Waals surface area contributed by atoms with Crippen LogP contribution in [0, 0.1) is 0 Å². The molecule has 3 heterocycles. The summed E-state index contributed by atoms with van der Waals surface area (Å²) < 4.78 is 5.46. The molecule has 2 aromatic heterocycles. The van der Waals surface area contributed by atoms with Gasteiger partial charge < -0.3 is 9.42 Å². The van der Waals surface area contributed by atoms with Crippen LogP contribution in [0.1, 0.15) is 11.1 Å². The molecule has 0 atom stereocenters. The molecule has 0 radical (unpaired) electrons. The average Bonchev–Trinajstić information content (AvgIpc) is 3.53. The average molecular weight is 445 g/mol. The van der Waals surface area contributed by atoms with Gasteiger partial charge >= 0.3 is 0 Å². The second kappa shape index (κ2) is 9.46. The molecule has 162 valence electrons. The molecule has 0 N–H and O–H groups in total. The minimum atomic E-state index is 0.219. The van der Waals surface area contributed by atoms with Gasteiger partial charge in [0, 0.05) is 43.9 Å². The normalized spacial score (nSPS) is 14.6. The summed E-state index contributed by atoms with van der Waals surface area (Å²) in [5.74, 6) is 1.33. The number of carbonyl (C=O) groups excluding carboxylic acids is 1. The van der Waals surface area contributed by atoms with Crippen LogP contribution < -0.4 is 0 Å². The Balaban J connectivity index is 1.19. The Hall–Kier alpha value is -3.29. The number of hydrogen-bond donors (Lipinski definition) is 0. The van der Waals surface area contributed by atoms with Gasteiger partial charge in [-0.2, -0.15) is 16.3 Å². The molecular weight excluding hydrogens is 420 g/mol. The van der Waals surface area contributed by atoms with E-state index >= 15 is 0 Å². The van der Waals surface area contributed by atoms with Crippen molar-refractivity contribution in [1.82, 2.24) is 19.9 Å². The largest absolute Gasteiger partial charge is 0.340 e. The highest BCUT2D eigenvalue weighted by molar-refractivity contribution is 7.08. The van der Waals surface area contributed by atoms with Crippen LogP contribution in [0.15, 0.2) is 75.9 Å². The minimum Gasteiger partial charge on any atom is -0.340 e. The van der Waals surface area contributed by atoms with Crippen LogP contribution in [0.2, 0.25) is 0 Å². The first kappa shape index (κ1) is 20.6. The highest BCUT2D eigenvalue weighted by Gasteiger charge is 2.21. The van der Waals surface area contributed by atoms with Crippen LogP contribution in [0.3, 0.4) is 0 Å². The van der Waals surface area contributed by atoms with Crippen LogP contribution in [0.25, 0.3) is 22.8 Å². The van der Waals surface area contributed by atoms with Crippen molar-refractivity contribution in [3.8, 4) is 22.8 Å². The highest BCUT2D eigenvalue weighted by Crippen LogP contribution is 2.23. The number of hydrogen-bond acceptors (Lipinski definition) is 6. The third-order valence-electron chi connectivity index (χ3n) is 5.70. The zero-order valence-electron chi connectivity index (χ0n) is 17.7. The summed E-state index contributed by atoms with van der Waals surface area (Å²) in [6.45, 7) is 4.13. The van der Waals surface area contributed by atoms with Crippen LogP contribution in [0.4, 0.5) is 0 Å². The van der Waals surface area contributed by atoms with E-state index in [1.807, 2.05) is 64.2 Å². The molecule has 4 aromatic rings. The molecule has 1 amide bonds. The summed E-state index contributed by atoms with van der Waals surface area (Å²) in [5.41, 5.74) is 4.16. The molecule has 1 fully saturated rings. The van der Waals surface area contributed by atoms with Crippen molar-refractivity contribution in [2.75, 3.05) is 26.2 Å². The van der Waals surface area contributed by atoms with Crippen molar-refractivity contribution >= 4 is 17.2 Å². The number of piperazine rings is 1. The van der Waals surface area contributed by atoms with Gasteiger partial charge in [0.25, 0.3) is 5.89 Å². The second-order valence-corrected chi connectivity index (χ2v) is 8.73.